The molecule has 0 saturated heterocycles. The maximum absolute atomic E-state index is 6.12. The molecule has 2 heteroatoms. The minimum absolute atomic E-state index is 0.208. The molecule has 0 aliphatic heterocycles. The molecule has 0 bridgehead atoms. The molecule has 1 nitrogen and oxygen atoms in total. The Morgan fingerprint density at radius 2 is 2.00 bits per heavy atom. The summed E-state index contributed by atoms with van der Waals surface area (Å²) in [6, 6.07) is 8.95. The van der Waals surface area contributed by atoms with Crippen LogP contribution in [-0.4, -0.2) is 11.8 Å². The average Bonchev–Trinajstić information content (AvgIpc) is 2.16. The Hall–Kier alpha value is -0.470. The largest absolute Gasteiger partial charge is 0.326 e. The molecule has 1 atom stereocenters. The van der Waals surface area contributed by atoms with Gasteiger partial charge in [0.25, 0.3) is 0 Å². The molecule has 1 aromatic rings. The van der Waals surface area contributed by atoms with Gasteiger partial charge in [0.15, 0.2) is 0 Å². The molecule has 0 radical (unpaired) electrons. The maximum Gasteiger partial charge on any atom is 0.0185 e. The van der Waals surface area contributed by atoms with Crippen LogP contribution >= 0.6 is 11.8 Å². The van der Waals surface area contributed by atoms with Gasteiger partial charge in [-0.3, -0.25) is 0 Å². The molecule has 16 heavy (non-hydrogen) atoms. The van der Waals surface area contributed by atoms with E-state index in [0.29, 0.717) is 0 Å². The molecular weight excluding hydrogens is 214 g/mol. The molecule has 1 aromatic carbocycles. The Morgan fingerprint density at radius 3 is 2.56 bits per heavy atom. The second kappa shape index (κ2) is 5.74. The Morgan fingerprint density at radius 1 is 1.31 bits per heavy atom. The van der Waals surface area contributed by atoms with Crippen molar-refractivity contribution in [3.05, 3.63) is 35.4 Å². The molecule has 1 rings (SSSR count). The standard InChI is InChI=1S/C14H23NS/c1-11-6-5-7-12(8-11)9-16-10-13(15)14(2,3)4/h5-8,13H,9-10,15H2,1-4H3. The first-order valence-electron chi connectivity index (χ1n) is 5.78. The number of hydrogen-bond donors (Lipinski definition) is 1. The summed E-state index contributed by atoms with van der Waals surface area (Å²) in [6.07, 6.45) is 0. The van der Waals surface area contributed by atoms with E-state index in [2.05, 4.69) is 52.0 Å². The Kier molecular flexibility index (Phi) is 4.88. The van der Waals surface area contributed by atoms with Crippen LogP contribution in [0.1, 0.15) is 31.9 Å². The summed E-state index contributed by atoms with van der Waals surface area (Å²) in [5.74, 6) is 2.09. The molecule has 2 N–H and O–H groups in total. The van der Waals surface area contributed by atoms with Gasteiger partial charge in [-0.25, -0.2) is 0 Å². The Labute approximate surface area is 104 Å². The zero-order valence-electron chi connectivity index (χ0n) is 10.8. The molecule has 0 amide bonds. The summed E-state index contributed by atoms with van der Waals surface area (Å²) in [4.78, 5) is 0. The van der Waals surface area contributed by atoms with Gasteiger partial charge in [-0.2, -0.15) is 11.8 Å². The van der Waals surface area contributed by atoms with Crippen molar-refractivity contribution < 1.29 is 0 Å². The lowest BCUT2D eigenvalue weighted by Crippen LogP contribution is -2.37. The number of benzene rings is 1. The molecule has 0 saturated carbocycles. The maximum atomic E-state index is 6.12. The average molecular weight is 237 g/mol. The number of rotatable bonds is 4. The fourth-order valence-electron chi connectivity index (χ4n) is 1.36. The zero-order chi connectivity index (χ0) is 12.2. The van der Waals surface area contributed by atoms with Gasteiger partial charge >= 0.3 is 0 Å². The van der Waals surface area contributed by atoms with Crippen molar-refractivity contribution in [2.45, 2.75) is 39.5 Å². The Bertz CT molecular complexity index is 328. The van der Waals surface area contributed by atoms with Gasteiger partial charge in [-0.05, 0) is 17.9 Å². The smallest absolute Gasteiger partial charge is 0.0185 e. The van der Waals surface area contributed by atoms with Crippen LogP contribution in [0.15, 0.2) is 24.3 Å². The Balaban J connectivity index is 2.36. The van der Waals surface area contributed by atoms with E-state index in [-0.39, 0.29) is 11.5 Å². The molecule has 0 heterocycles. The third kappa shape index (κ3) is 4.58. The SMILES string of the molecule is Cc1cccc(CSCC(N)C(C)(C)C)c1. The van der Waals surface area contributed by atoms with Gasteiger partial charge in [0, 0.05) is 17.5 Å². The first-order chi connectivity index (χ1) is 7.39. The summed E-state index contributed by atoms with van der Waals surface area (Å²) < 4.78 is 0. The van der Waals surface area contributed by atoms with Crippen LogP contribution < -0.4 is 5.73 Å². The second-order valence-electron chi connectivity index (χ2n) is 5.48. The summed E-state index contributed by atoms with van der Waals surface area (Å²) >= 11 is 1.93. The monoisotopic (exact) mass is 237 g/mol. The highest BCUT2D eigenvalue weighted by molar-refractivity contribution is 7.98. The fourth-order valence-corrected chi connectivity index (χ4v) is 2.64. The highest BCUT2D eigenvalue weighted by Crippen LogP contribution is 2.22. The summed E-state index contributed by atoms with van der Waals surface area (Å²) in [7, 11) is 0. The minimum Gasteiger partial charge on any atom is -0.326 e. The lowest BCUT2D eigenvalue weighted by Gasteiger charge is -2.26. The van der Waals surface area contributed by atoms with Gasteiger partial charge in [-0.1, -0.05) is 50.6 Å². The third-order valence-corrected chi connectivity index (χ3v) is 3.89. The highest BCUT2D eigenvalue weighted by atomic mass is 32.2. The minimum atomic E-state index is 0.208. The van der Waals surface area contributed by atoms with Crippen LogP contribution in [0, 0.1) is 12.3 Å². The van der Waals surface area contributed by atoms with Crippen LogP contribution in [0.5, 0.6) is 0 Å². The van der Waals surface area contributed by atoms with Gasteiger partial charge in [0.1, 0.15) is 0 Å². The first-order valence-corrected chi connectivity index (χ1v) is 6.94. The van der Waals surface area contributed by atoms with E-state index in [1.54, 1.807) is 0 Å². The molecule has 0 fully saturated rings. The van der Waals surface area contributed by atoms with E-state index < -0.39 is 0 Å². The van der Waals surface area contributed by atoms with E-state index in [9.17, 15) is 0 Å². The van der Waals surface area contributed by atoms with E-state index in [1.165, 1.54) is 11.1 Å². The van der Waals surface area contributed by atoms with E-state index in [0.717, 1.165) is 11.5 Å². The van der Waals surface area contributed by atoms with E-state index >= 15 is 0 Å². The van der Waals surface area contributed by atoms with Crippen LogP contribution in [0.3, 0.4) is 0 Å². The molecule has 0 aliphatic rings. The third-order valence-electron chi connectivity index (χ3n) is 2.76. The quantitative estimate of drug-likeness (QED) is 0.866. The molecule has 1 unspecified atom stereocenters. The summed E-state index contributed by atoms with van der Waals surface area (Å²) in [5, 5.41) is 0. The lowest BCUT2D eigenvalue weighted by atomic mass is 9.89. The molecular formula is C14H23NS. The zero-order valence-corrected chi connectivity index (χ0v) is 11.6. The van der Waals surface area contributed by atoms with Crippen molar-refractivity contribution in [2.24, 2.45) is 11.1 Å². The van der Waals surface area contributed by atoms with E-state index in [4.69, 9.17) is 5.73 Å². The van der Waals surface area contributed by atoms with Crippen molar-refractivity contribution >= 4 is 11.8 Å². The number of aryl methyl sites for hydroxylation is 1. The first kappa shape index (κ1) is 13.6. The highest BCUT2D eigenvalue weighted by Gasteiger charge is 2.19. The van der Waals surface area contributed by atoms with Gasteiger partial charge in [0.2, 0.25) is 0 Å². The fraction of sp³-hybridized carbons (Fsp3) is 0.571. The van der Waals surface area contributed by atoms with E-state index in [1.807, 2.05) is 11.8 Å². The normalized spacial score (nSPS) is 13.8. The summed E-state index contributed by atoms with van der Waals surface area (Å²) in [6.45, 7) is 8.73. The predicted molar refractivity (Wildman–Crippen MR) is 74.8 cm³/mol. The van der Waals surface area contributed by atoms with Crippen molar-refractivity contribution in [3.63, 3.8) is 0 Å². The topological polar surface area (TPSA) is 26.0 Å². The van der Waals surface area contributed by atoms with Crippen LogP contribution in [0.2, 0.25) is 0 Å². The van der Waals surface area contributed by atoms with Crippen LogP contribution in [0.25, 0.3) is 0 Å². The molecule has 90 valence electrons. The number of nitrogens with two attached hydrogens (primary N) is 1. The molecule has 0 spiro atoms. The van der Waals surface area contributed by atoms with Gasteiger partial charge in [-0.15, -0.1) is 0 Å². The van der Waals surface area contributed by atoms with Crippen molar-refractivity contribution in [3.8, 4) is 0 Å². The van der Waals surface area contributed by atoms with Crippen LogP contribution in [-0.2, 0) is 5.75 Å². The molecule has 0 aromatic heterocycles. The van der Waals surface area contributed by atoms with Crippen LogP contribution in [0.4, 0.5) is 0 Å². The lowest BCUT2D eigenvalue weighted by molar-refractivity contribution is 0.344. The molecule has 0 aliphatic carbocycles. The van der Waals surface area contributed by atoms with Gasteiger partial charge in [0.05, 0.1) is 0 Å². The number of thioether (sulfide) groups is 1. The summed E-state index contributed by atoms with van der Waals surface area (Å²) in [5.41, 5.74) is 9.06. The van der Waals surface area contributed by atoms with Gasteiger partial charge < -0.3 is 5.73 Å². The number of hydrogen-bond acceptors (Lipinski definition) is 2. The van der Waals surface area contributed by atoms with Crippen molar-refractivity contribution in [2.75, 3.05) is 5.75 Å². The van der Waals surface area contributed by atoms with Crippen molar-refractivity contribution in [1.29, 1.82) is 0 Å². The predicted octanol–water partition coefficient (Wildman–Crippen LogP) is 3.60. The van der Waals surface area contributed by atoms with Crippen molar-refractivity contribution in [1.82, 2.24) is 0 Å². The second-order valence-corrected chi connectivity index (χ2v) is 6.51.